The average molecular weight is 250 g/mol. The highest BCUT2D eigenvalue weighted by Gasteiger charge is 2.22. The van der Waals surface area contributed by atoms with E-state index in [1.54, 1.807) is 7.11 Å². The highest BCUT2D eigenvalue weighted by atomic mass is 16.5. The first-order valence-electron chi connectivity index (χ1n) is 6.39. The molecule has 0 aromatic heterocycles. The Morgan fingerprint density at radius 2 is 2.17 bits per heavy atom. The van der Waals surface area contributed by atoms with E-state index in [0.29, 0.717) is 0 Å². The minimum atomic E-state index is 0.00515. The van der Waals surface area contributed by atoms with E-state index in [1.165, 1.54) is 0 Å². The predicted octanol–water partition coefficient (Wildman–Crippen LogP) is 1.80. The number of rotatable bonds is 4. The molecule has 1 aromatic rings. The zero-order chi connectivity index (χ0) is 13.1. The van der Waals surface area contributed by atoms with Crippen LogP contribution in [0.15, 0.2) is 18.2 Å². The Hall–Kier alpha value is -1.26. The number of ether oxygens (including phenoxy) is 2. The van der Waals surface area contributed by atoms with Crippen LogP contribution in [0.2, 0.25) is 0 Å². The lowest BCUT2D eigenvalue weighted by molar-refractivity contribution is 0.199. The highest BCUT2D eigenvalue weighted by molar-refractivity contribution is 5.43. The fraction of sp³-hybridized carbons (Fsp3) is 0.571. The number of nitrogens with two attached hydrogens (primary N) is 1. The summed E-state index contributed by atoms with van der Waals surface area (Å²) in [6, 6.07) is 5.92. The summed E-state index contributed by atoms with van der Waals surface area (Å²) in [7, 11) is 3.77. The zero-order valence-corrected chi connectivity index (χ0v) is 11.3. The van der Waals surface area contributed by atoms with E-state index < -0.39 is 0 Å². The van der Waals surface area contributed by atoms with E-state index in [-0.39, 0.29) is 12.1 Å². The third kappa shape index (κ3) is 2.94. The Morgan fingerprint density at radius 3 is 2.72 bits per heavy atom. The van der Waals surface area contributed by atoms with Gasteiger partial charge in [-0.15, -0.1) is 0 Å². The summed E-state index contributed by atoms with van der Waals surface area (Å²) in [5.74, 6) is 1.57. The Kier molecular flexibility index (Phi) is 4.09. The molecule has 0 bridgehead atoms. The number of benzene rings is 1. The van der Waals surface area contributed by atoms with E-state index >= 15 is 0 Å². The Balaban J connectivity index is 2.12. The molecule has 2 atom stereocenters. The van der Waals surface area contributed by atoms with Crippen LogP contribution in [-0.4, -0.2) is 38.3 Å². The van der Waals surface area contributed by atoms with E-state index in [9.17, 15) is 0 Å². The van der Waals surface area contributed by atoms with Gasteiger partial charge in [-0.2, -0.15) is 0 Å². The van der Waals surface area contributed by atoms with Gasteiger partial charge in [0.05, 0.1) is 7.11 Å². The van der Waals surface area contributed by atoms with Gasteiger partial charge >= 0.3 is 0 Å². The van der Waals surface area contributed by atoms with E-state index in [2.05, 4.69) is 11.9 Å². The molecule has 0 aliphatic carbocycles. The van der Waals surface area contributed by atoms with Gasteiger partial charge in [0, 0.05) is 19.1 Å². The van der Waals surface area contributed by atoms with Gasteiger partial charge in [0.25, 0.3) is 0 Å². The van der Waals surface area contributed by atoms with E-state index in [4.69, 9.17) is 15.2 Å². The molecule has 100 valence electrons. The van der Waals surface area contributed by atoms with Crippen LogP contribution >= 0.6 is 0 Å². The maximum Gasteiger partial charge on any atom is 0.161 e. The lowest BCUT2D eigenvalue weighted by Crippen LogP contribution is -2.21. The first kappa shape index (κ1) is 13.2. The molecular formula is C14H22N2O2. The quantitative estimate of drug-likeness (QED) is 0.885. The molecule has 1 aromatic carbocycles. The molecule has 0 saturated carbocycles. The molecule has 1 aliphatic rings. The third-order valence-electron chi connectivity index (χ3n) is 3.36. The van der Waals surface area contributed by atoms with Gasteiger partial charge in [0.15, 0.2) is 11.5 Å². The molecule has 0 radical (unpaired) electrons. The minimum absolute atomic E-state index is 0.00515. The van der Waals surface area contributed by atoms with Gasteiger partial charge in [-0.3, -0.25) is 0 Å². The summed E-state index contributed by atoms with van der Waals surface area (Å²) in [5, 5.41) is 0. The molecule has 0 amide bonds. The van der Waals surface area contributed by atoms with Crippen molar-refractivity contribution >= 4 is 0 Å². The molecule has 2 unspecified atom stereocenters. The van der Waals surface area contributed by atoms with Crippen LogP contribution in [0.4, 0.5) is 0 Å². The van der Waals surface area contributed by atoms with Crippen molar-refractivity contribution in [2.24, 2.45) is 5.73 Å². The number of methoxy groups -OCH3 is 1. The Morgan fingerprint density at radius 1 is 1.39 bits per heavy atom. The smallest absolute Gasteiger partial charge is 0.161 e. The largest absolute Gasteiger partial charge is 0.493 e. The molecule has 1 saturated heterocycles. The number of hydrogen-bond donors (Lipinski definition) is 1. The zero-order valence-electron chi connectivity index (χ0n) is 11.3. The summed E-state index contributed by atoms with van der Waals surface area (Å²) < 4.78 is 11.4. The van der Waals surface area contributed by atoms with Crippen molar-refractivity contribution in [2.75, 3.05) is 27.2 Å². The first-order chi connectivity index (χ1) is 8.60. The lowest BCUT2D eigenvalue weighted by atomic mass is 10.1. The molecular weight excluding hydrogens is 228 g/mol. The van der Waals surface area contributed by atoms with Crippen LogP contribution in [0.5, 0.6) is 11.5 Å². The Labute approximate surface area is 109 Å². The number of likely N-dealkylation sites (tertiary alicyclic amines) is 1. The van der Waals surface area contributed by atoms with Crippen LogP contribution in [-0.2, 0) is 0 Å². The second-order valence-electron chi connectivity index (χ2n) is 4.99. The van der Waals surface area contributed by atoms with Gasteiger partial charge < -0.3 is 20.1 Å². The molecule has 2 N–H and O–H groups in total. The molecule has 4 nitrogen and oxygen atoms in total. The molecule has 1 fully saturated rings. The molecule has 0 spiro atoms. The van der Waals surface area contributed by atoms with Gasteiger partial charge in [0.2, 0.25) is 0 Å². The first-order valence-corrected chi connectivity index (χ1v) is 6.39. The van der Waals surface area contributed by atoms with E-state index in [1.807, 2.05) is 25.1 Å². The number of nitrogens with zero attached hydrogens (tertiary/aromatic N) is 1. The van der Waals surface area contributed by atoms with Gasteiger partial charge in [-0.25, -0.2) is 0 Å². The molecule has 1 aliphatic heterocycles. The topological polar surface area (TPSA) is 47.7 Å². The maximum absolute atomic E-state index is 5.99. The monoisotopic (exact) mass is 250 g/mol. The molecule has 1 heterocycles. The average Bonchev–Trinajstić information content (AvgIpc) is 2.75. The fourth-order valence-electron chi connectivity index (χ4n) is 2.24. The predicted molar refractivity (Wildman–Crippen MR) is 72.1 cm³/mol. The summed E-state index contributed by atoms with van der Waals surface area (Å²) in [6.07, 6.45) is 1.32. The van der Waals surface area contributed by atoms with Crippen molar-refractivity contribution < 1.29 is 9.47 Å². The van der Waals surface area contributed by atoms with Gasteiger partial charge in [-0.1, -0.05) is 6.07 Å². The van der Waals surface area contributed by atoms with Crippen LogP contribution in [0.3, 0.4) is 0 Å². The van der Waals surface area contributed by atoms with Crippen molar-refractivity contribution in [1.29, 1.82) is 0 Å². The third-order valence-corrected chi connectivity index (χ3v) is 3.36. The summed E-state index contributed by atoms with van der Waals surface area (Å²) in [4.78, 5) is 2.27. The van der Waals surface area contributed by atoms with Crippen LogP contribution < -0.4 is 15.2 Å². The van der Waals surface area contributed by atoms with Crippen molar-refractivity contribution in [2.45, 2.75) is 25.5 Å². The van der Waals surface area contributed by atoms with Crippen LogP contribution in [0.1, 0.15) is 24.9 Å². The van der Waals surface area contributed by atoms with Crippen molar-refractivity contribution in [3.05, 3.63) is 23.8 Å². The highest BCUT2D eigenvalue weighted by Crippen LogP contribution is 2.31. The minimum Gasteiger partial charge on any atom is -0.493 e. The fourth-order valence-corrected chi connectivity index (χ4v) is 2.24. The maximum atomic E-state index is 5.99. The summed E-state index contributed by atoms with van der Waals surface area (Å²) in [5.41, 5.74) is 6.92. The second kappa shape index (κ2) is 5.59. The van der Waals surface area contributed by atoms with Crippen molar-refractivity contribution in [3.8, 4) is 11.5 Å². The molecule has 18 heavy (non-hydrogen) atoms. The standard InChI is InChI=1S/C14H22N2O2/c1-10(15)11-4-5-13(14(8-11)17-3)18-12-6-7-16(2)9-12/h4-5,8,10,12H,6-7,9,15H2,1-3H3. The normalized spacial score (nSPS) is 21.9. The van der Waals surface area contributed by atoms with Crippen molar-refractivity contribution in [3.63, 3.8) is 0 Å². The van der Waals surface area contributed by atoms with Crippen molar-refractivity contribution in [1.82, 2.24) is 4.90 Å². The summed E-state index contributed by atoms with van der Waals surface area (Å²) >= 11 is 0. The number of hydrogen-bond acceptors (Lipinski definition) is 4. The van der Waals surface area contributed by atoms with Crippen LogP contribution in [0, 0.1) is 0 Å². The number of likely N-dealkylation sites (N-methyl/N-ethyl adjacent to an activating group) is 1. The lowest BCUT2D eigenvalue weighted by Gasteiger charge is -2.17. The SMILES string of the molecule is COc1cc(C(C)N)ccc1OC1CCN(C)C1. The molecule has 2 rings (SSSR count). The Bertz CT molecular complexity index is 407. The second-order valence-corrected chi connectivity index (χ2v) is 4.99. The summed E-state index contributed by atoms with van der Waals surface area (Å²) in [6.45, 7) is 4.02. The molecule has 4 heteroatoms. The van der Waals surface area contributed by atoms with E-state index in [0.717, 1.165) is 36.6 Å². The van der Waals surface area contributed by atoms with Gasteiger partial charge in [0.1, 0.15) is 6.10 Å². The van der Waals surface area contributed by atoms with Crippen LogP contribution in [0.25, 0.3) is 0 Å². The van der Waals surface area contributed by atoms with Gasteiger partial charge in [-0.05, 0) is 38.1 Å².